The molecule has 0 aromatic heterocycles. The second-order valence-electron chi connectivity index (χ2n) is 30.1. The summed E-state index contributed by atoms with van der Waals surface area (Å²) in [7, 11) is 0. The van der Waals surface area contributed by atoms with Crippen molar-refractivity contribution in [3.05, 3.63) is 0 Å². The van der Waals surface area contributed by atoms with Crippen molar-refractivity contribution in [1.82, 2.24) is 39.2 Å². The fourth-order valence-corrected chi connectivity index (χ4v) is 13.8. The van der Waals surface area contributed by atoms with Crippen LogP contribution in [-0.2, 0) is 75.8 Å². The molecular formula is C67H124N8O24. The van der Waals surface area contributed by atoms with Crippen LogP contribution in [0.25, 0.3) is 0 Å². The monoisotopic (exact) mass is 1420 g/mol. The van der Waals surface area contributed by atoms with Crippen molar-refractivity contribution in [2.45, 2.75) is 73.2 Å². The first-order chi connectivity index (χ1) is 48.1. The van der Waals surface area contributed by atoms with E-state index in [0.29, 0.717) is 210 Å². The molecule has 12 atom stereocenters. The first kappa shape index (κ1) is 80.3. The number of hydrogen-bond donors (Lipinski definition) is 8. The van der Waals surface area contributed by atoms with Crippen molar-refractivity contribution < 1.29 is 117 Å². The Morgan fingerprint density at radius 3 is 0.535 bits per heavy atom. The SMILES string of the molecule is OC1COCC2(COCC(O)CN3CCN(CC3)CC(O)COCC(COCC3CO3)(COCC3CO3)COCC(O)CN3CCN(CC3)C1)COCC(O)CN1CCN(CC1)CC(O)COCC(COCC1CO1)(COCC1CO1)COCC(O)CN1CCN(CC1)CC(O)COC2. The van der Waals surface area contributed by atoms with E-state index in [9.17, 15) is 40.9 Å². The van der Waals surface area contributed by atoms with Crippen LogP contribution in [0.15, 0.2) is 0 Å². The van der Waals surface area contributed by atoms with Gasteiger partial charge in [-0.1, -0.05) is 0 Å². The van der Waals surface area contributed by atoms with Crippen molar-refractivity contribution in [3.63, 3.8) is 0 Å². The van der Waals surface area contributed by atoms with Crippen molar-refractivity contribution >= 4 is 0 Å². The van der Waals surface area contributed by atoms with Crippen LogP contribution in [0.4, 0.5) is 0 Å². The third-order valence-electron chi connectivity index (χ3n) is 19.8. The van der Waals surface area contributed by atoms with Crippen LogP contribution in [-0.4, -0.2) is 495 Å². The highest BCUT2D eigenvalue weighted by Gasteiger charge is 2.40. The zero-order valence-corrected chi connectivity index (χ0v) is 58.9. The summed E-state index contributed by atoms with van der Waals surface area (Å²) < 4.78 is 97.2. The van der Waals surface area contributed by atoms with Crippen LogP contribution in [0.2, 0.25) is 0 Å². The van der Waals surface area contributed by atoms with Crippen LogP contribution < -0.4 is 0 Å². The molecule has 16 saturated heterocycles. The van der Waals surface area contributed by atoms with Gasteiger partial charge in [0.05, 0.1) is 250 Å². The quantitative estimate of drug-likeness (QED) is 0.0666. The first-order valence-corrected chi connectivity index (χ1v) is 36.7. The molecule has 12 unspecified atom stereocenters. The third-order valence-corrected chi connectivity index (χ3v) is 19.8. The van der Waals surface area contributed by atoms with E-state index in [4.69, 9.17) is 75.8 Å². The summed E-state index contributed by atoms with van der Waals surface area (Å²) in [5.41, 5.74) is -2.48. The highest BCUT2D eigenvalue weighted by atomic mass is 16.6. The summed E-state index contributed by atoms with van der Waals surface area (Å²) in [6.45, 7) is 20.3. The Morgan fingerprint density at radius 1 is 0.232 bits per heavy atom. The molecule has 1 spiro atoms. The predicted octanol–water partition coefficient (Wildman–Crippen LogP) is -6.88. The fraction of sp³-hybridized carbons (Fsp3) is 1.00. The second-order valence-corrected chi connectivity index (χ2v) is 30.1. The molecule has 0 aromatic carbocycles. The van der Waals surface area contributed by atoms with Gasteiger partial charge < -0.3 is 117 Å². The van der Waals surface area contributed by atoms with E-state index in [1.54, 1.807) is 0 Å². The number of epoxide rings is 4. The number of piperazine rings is 4. The van der Waals surface area contributed by atoms with Crippen LogP contribution in [0, 0.1) is 16.2 Å². The van der Waals surface area contributed by atoms with Crippen LogP contribution in [0.1, 0.15) is 0 Å². The average Bonchev–Trinajstić information content (AvgIpc) is 1.82. The molecule has 0 aliphatic carbocycles. The number of aliphatic hydroxyl groups is 8. The third kappa shape index (κ3) is 31.2. The van der Waals surface area contributed by atoms with Crippen LogP contribution >= 0.6 is 0 Å². The highest BCUT2D eigenvalue weighted by Crippen LogP contribution is 2.28. The normalized spacial score (nSPS) is 42.9. The number of aliphatic hydroxyl groups excluding tert-OH is 8. The summed E-state index contributed by atoms with van der Waals surface area (Å²) in [6, 6.07) is 0. The highest BCUT2D eigenvalue weighted by molar-refractivity contribution is 4.88. The van der Waals surface area contributed by atoms with E-state index in [1.807, 2.05) is 0 Å². The Morgan fingerprint density at radius 2 is 0.384 bits per heavy atom. The minimum Gasteiger partial charge on any atom is -0.389 e. The van der Waals surface area contributed by atoms with Gasteiger partial charge in [0, 0.05) is 157 Å². The molecule has 16 fully saturated rings. The zero-order chi connectivity index (χ0) is 69.1. The number of ether oxygens (including phenoxy) is 16. The summed E-state index contributed by atoms with van der Waals surface area (Å²) in [4.78, 5) is 17.5. The van der Waals surface area contributed by atoms with Gasteiger partial charge in [-0.05, 0) is 0 Å². The van der Waals surface area contributed by atoms with Gasteiger partial charge in [0.25, 0.3) is 0 Å². The molecule has 16 rings (SSSR count). The Kier molecular flexibility index (Phi) is 34.3. The summed E-state index contributed by atoms with van der Waals surface area (Å²) >= 11 is 0. The molecule has 99 heavy (non-hydrogen) atoms. The van der Waals surface area contributed by atoms with E-state index in [-0.39, 0.29) is 157 Å². The van der Waals surface area contributed by atoms with E-state index in [2.05, 4.69) is 39.2 Å². The molecular weight excluding hydrogens is 1300 g/mol. The molecule has 8 bridgehead atoms. The molecule has 16 aliphatic heterocycles. The molecule has 32 nitrogen and oxygen atoms in total. The van der Waals surface area contributed by atoms with Gasteiger partial charge in [-0.25, -0.2) is 0 Å². The molecule has 0 radical (unpaired) electrons. The predicted molar refractivity (Wildman–Crippen MR) is 356 cm³/mol. The van der Waals surface area contributed by atoms with E-state index < -0.39 is 65.1 Å². The zero-order valence-electron chi connectivity index (χ0n) is 58.9. The van der Waals surface area contributed by atoms with Crippen LogP contribution in [0.5, 0.6) is 0 Å². The minimum absolute atomic E-state index is 0.00846. The number of hydrogen-bond acceptors (Lipinski definition) is 32. The molecule has 8 N–H and O–H groups in total. The molecule has 0 saturated carbocycles. The topological polar surface area (TPSA) is 349 Å². The Hall–Kier alpha value is -1.28. The van der Waals surface area contributed by atoms with Gasteiger partial charge in [0.2, 0.25) is 0 Å². The largest absolute Gasteiger partial charge is 0.389 e. The second kappa shape index (κ2) is 42.3. The van der Waals surface area contributed by atoms with Crippen LogP contribution in [0.3, 0.4) is 0 Å². The van der Waals surface area contributed by atoms with Crippen molar-refractivity contribution in [1.29, 1.82) is 0 Å². The Bertz CT molecular complexity index is 1870. The molecule has 32 heteroatoms. The van der Waals surface area contributed by atoms with Gasteiger partial charge in [0.1, 0.15) is 24.4 Å². The Balaban J connectivity index is 0.761. The lowest BCUT2D eigenvalue weighted by molar-refractivity contribution is -0.135. The van der Waals surface area contributed by atoms with E-state index in [0.717, 1.165) is 0 Å². The standard InChI is InChI=1S/C67H124N8O24/c76-53-17-68-1-9-72(10-2-68)21-57(80)29-88-45-66(49-92-33-61-37-96-61,50-93-34-62-38-97-62)46-89-30-58(81)22-73-11-3-69(4-12-73)18-54(77)26-85-42-65(41-84-25-53)43-86-27-55(78)19-70-5-13-74(14-6-70)23-59(82)31-90-47-67(51-94-35-63-39-98-63,52-95-36-64-40-99-64)48-91-32-60(83)24-75-15-7-71(8-16-75)20-56(79)28-87-44-65/h53-64,76-83H,1-52H2. The molecule has 16 heterocycles. The van der Waals surface area contributed by atoms with Crippen molar-refractivity contribution in [3.8, 4) is 0 Å². The van der Waals surface area contributed by atoms with Gasteiger partial charge in [0.15, 0.2) is 0 Å². The molecule has 16 aliphatic rings. The lowest BCUT2D eigenvalue weighted by atomic mass is 9.92. The summed E-state index contributed by atoms with van der Waals surface area (Å²) in [5.74, 6) is 0. The van der Waals surface area contributed by atoms with Gasteiger partial charge in [-0.3, -0.25) is 39.2 Å². The maximum atomic E-state index is 11.6. The average molecular weight is 1430 g/mol. The molecule has 0 amide bonds. The molecule has 576 valence electrons. The first-order valence-electron chi connectivity index (χ1n) is 36.7. The Labute approximate surface area is 585 Å². The summed E-state index contributed by atoms with van der Waals surface area (Å²) in [6.07, 6.45) is -6.28. The van der Waals surface area contributed by atoms with Crippen molar-refractivity contribution in [2.75, 3.05) is 342 Å². The lowest BCUT2D eigenvalue weighted by Gasteiger charge is -2.38. The molecule has 0 aromatic rings. The number of nitrogens with zero attached hydrogens (tertiary/aromatic N) is 8. The maximum Gasteiger partial charge on any atom is 0.104 e. The van der Waals surface area contributed by atoms with E-state index >= 15 is 0 Å². The van der Waals surface area contributed by atoms with Gasteiger partial charge in [-0.2, -0.15) is 0 Å². The number of rotatable bonds is 16. The smallest absolute Gasteiger partial charge is 0.104 e. The maximum absolute atomic E-state index is 11.6. The van der Waals surface area contributed by atoms with E-state index in [1.165, 1.54) is 0 Å². The van der Waals surface area contributed by atoms with Gasteiger partial charge in [-0.15, -0.1) is 0 Å². The fourth-order valence-electron chi connectivity index (χ4n) is 13.8. The lowest BCUT2D eigenvalue weighted by Crippen LogP contribution is -2.52. The minimum atomic E-state index is -1.02. The van der Waals surface area contributed by atoms with Gasteiger partial charge >= 0.3 is 0 Å². The summed E-state index contributed by atoms with van der Waals surface area (Å²) in [5, 5.41) is 91.5. The van der Waals surface area contributed by atoms with Crippen molar-refractivity contribution in [2.24, 2.45) is 16.2 Å².